The van der Waals surface area contributed by atoms with Crippen molar-refractivity contribution in [3.63, 3.8) is 0 Å². The predicted molar refractivity (Wildman–Crippen MR) is 75.4 cm³/mol. The zero-order valence-electron chi connectivity index (χ0n) is 10.6. The number of nitrogens with one attached hydrogen (secondary N) is 1. The van der Waals surface area contributed by atoms with Gasteiger partial charge in [-0.3, -0.25) is 9.78 Å². The minimum Gasteiger partial charge on any atom is -0.267 e. The number of carbonyl (C=O) groups excluding carboxylic acids is 1. The fourth-order valence-corrected chi connectivity index (χ4v) is 1.63. The van der Waals surface area contributed by atoms with Crippen molar-refractivity contribution in [1.82, 2.24) is 10.4 Å². The van der Waals surface area contributed by atoms with Gasteiger partial charge in [0.15, 0.2) is 5.82 Å². The number of hydrogen-bond acceptors (Lipinski definition) is 3. The molecule has 6 heteroatoms. The molecule has 2 rings (SSSR count). The van der Waals surface area contributed by atoms with E-state index in [1.807, 2.05) is 6.92 Å². The number of pyridine rings is 1. The average molecular weight is 292 g/mol. The van der Waals surface area contributed by atoms with E-state index in [-0.39, 0.29) is 10.6 Å². The molecular weight excluding hydrogens is 281 g/mol. The zero-order chi connectivity index (χ0) is 14.5. The summed E-state index contributed by atoms with van der Waals surface area (Å²) in [5.74, 6) is -1.000. The third-order valence-corrected chi connectivity index (χ3v) is 2.82. The second kappa shape index (κ2) is 6.25. The van der Waals surface area contributed by atoms with Gasteiger partial charge in [-0.1, -0.05) is 23.7 Å². The first-order valence-corrected chi connectivity index (χ1v) is 6.16. The Bertz CT molecular complexity index is 656. The number of amides is 1. The van der Waals surface area contributed by atoms with Crippen LogP contribution < -0.4 is 5.43 Å². The Hall–Kier alpha value is -2.27. The Kier molecular flexibility index (Phi) is 4.42. The summed E-state index contributed by atoms with van der Waals surface area (Å²) in [6.07, 6.45) is 2.64. The Labute approximate surface area is 120 Å². The van der Waals surface area contributed by atoms with Crippen LogP contribution in [0.3, 0.4) is 0 Å². The highest BCUT2D eigenvalue weighted by atomic mass is 35.5. The zero-order valence-corrected chi connectivity index (χ0v) is 11.4. The summed E-state index contributed by atoms with van der Waals surface area (Å²) in [6, 6.07) is 7.88. The molecule has 1 N–H and O–H groups in total. The molecule has 1 aromatic carbocycles. The van der Waals surface area contributed by atoms with Crippen molar-refractivity contribution >= 4 is 23.7 Å². The third-order valence-electron chi connectivity index (χ3n) is 2.52. The number of halogens is 2. The Balaban J connectivity index is 2.04. The Morgan fingerprint density at radius 3 is 2.90 bits per heavy atom. The molecule has 0 aliphatic rings. The van der Waals surface area contributed by atoms with Crippen molar-refractivity contribution in [3.8, 4) is 0 Å². The SMILES string of the molecule is Cc1ccc(C(=O)N/N=C/c2cccc(Cl)c2F)cn1. The maximum absolute atomic E-state index is 13.5. The van der Waals surface area contributed by atoms with Gasteiger partial charge in [0.25, 0.3) is 5.91 Å². The molecular formula is C14H11ClFN3O. The first-order chi connectivity index (χ1) is 9.58. The van der Waals surface area contributed by atoms with E-state index in [1.165, 1.54) is 24.5 Å². The van der Waals surface area contributed by atoms with E-state index in [0.717, 1.165) is 5.69 Å². The predicted octanol–water partition coefficient (Wildman–Crippen LogP) is 2.95. The minimum absolute atomic E-state index is 0.00279. The van der Waals surface area contributed by atoms with Crippen LogP contribution in [0.25, 0.3) is 0 Å². The summed E-state index contributed by atoms with van der Waals surface area (Å²) in [5, 5.41) is 3.69. The summed E-state index contributed by atoms with van der Waals surface area (Å²) in [4.78, 5) is 15.7. The fraction of sp³-hybridized carbons (Fsp3) is 0.0714. The number of aromatic nitrogens is 1. The van der Waals surface area contributed by atoms with Gasteiger partial charge in [-0.05, 0) is 25.1 Å². The molecule has 0 saturated carbocycles. The molecule has 2 aromatic rings. The highest BCUT2D eigenvalue weighted by Gasteiger charge is 2.05. The summed E-state index contributed by atoms with van der Waals surface area (Å²) in [7, 11) is 0. The first kappa shape index (κ1) is 14.1. The number of rotatable bonds is 3. The smallest absolute Gasteiger partial charge is 0.267 e. The van der Waals surface area contributed by atoms with E-state index in [0.29, 0.717) is 5.56 Å². The summed E-state index contributed by atoms with van der Waals surface area (Å²) < 4.78 is 13.5. The molecule has 0 fully saturated rings. The van der Waals surface area contributed by atoms with Crippen LogP contribution in [-0.2, 0) is 0 Å². The Morgan fingerprint density at radius 2 is 2.20 bits per heavy atom. The lowest BCUT2D eigenvalue weighted by Crippen LogP contribution is -2.17. The van der Waals surface area contributed by atoms with Gasteiger partial charge in [0.05, 0.1) is 16.8 Å². The van der Waals surface area contributed by atoms with Gasteiger partial charge in [-0.25, -0.2) is 9.82 Å². The van der Waals surface area contributed by atoms with Crippen LogP contribution in [0.1, 0.15) is 21.6 Å². The lowest BCUT2D eigenvalue weighted by molar-refractivity contribution is 0.0954. The normalized spacial score (nSPS) is 10.8. The van der Waals surface area contributed by atoms with Gasteiger partial charge >= 0.3 is 0 Å². The van der Waals surface area contributed by atoms with Crippen LogP contribution >= 0.6 is 11.6 Å². The molecule has 20 heavy (non-hydrogen) atoms. The molecule has 1 aromatic heterocycles. The maximum atomic E-state index is 13.5. The number of nitrogens with zero attached hydrogens (tertiary/aromatic N) is 2. The van der Waals surface area contributed by atoms with E-state index < -0.39 is 11.7 Å². The fourth-order valence-electron chi connectivity index (χ4n) is 1.45. The highest BCUT2D eigenvalue weighted by molar-refractivity contribution is 6.31. The quantitative estimate of drug-likeness (QED) is 0.698. The summed E-state index contributed by atoms with van der Waals surface area (Å²) in [6.45, 7) is 1.82. The van der Waals surface area contributed by atoms with Crippen molar-refractivity contribution in [2.75, 3.05) is 0 Å². The molecule has 1 heterocycles. The maximum Gasteiger partial charge on any atom is 0.272 e. The van der Waals surface area contributed by atoms with E-state index in [2.05, 4.69) is 15.5 Å². The second-order valence-electron chi connectivity index (χ2n) is 4.03. The molecule has 0 spiro atoms. The topological polar surface area (TPSA) is 54.4 Å². The van der Waals surface area contributed by atoms with E-state index in [4.69, 9.17) is 11.6 Å². The lowest BCUT2D eigenvalue weighted by atomic mass is 10.2. The van der Waals surface area contributed by atoms with Gasteiger partial charge in [0.1, 0.15) is 0 Å². The molecule has 4 nitrogen and oxygen atoms in total. The van der Waals surface area contributed by atoms with E-state index in [9.17, 15) is 9.18 Å². The number of hydrogen-bond donors (Lipinski definition) is 1. The molecule has 1 amide bonds. The van der Waals surface area contributed by atoms with Crippen molar-refractivity contribution in [2.24, 2.45) is 5.10 Å². The summed E-state index contributed by atoms with van der Waals surface area (Å²) >= 11 is 5.63. The van der Waals surface area contributed by atoms with Crippen LogP contribution in [0.4, 0.5) is 4.39 Å². The molecule has 0 saturated heterocycles. The van der Waals surface area contributed by atoms with Gasteiger partial charge in [0, 0.05) is 17.5 Å². The average Bonchev–Trinajstić information content (AvgIpc) is 2.44. The molecule has 0 aliphatic heterocycles. The number of carbonyl (C=O) groups is 1. The van der Waals surface area contributed by atoms with Crippen LogP contribution in [0.5, 0.6) is 0 Å². The number of benzene rings is 1. The van der Waals surface area contributed by atoms with Crippen molar-refractivity contribution in [1.29, 1.82) is 0 Å². The van der Waals surface area contributed by atoms with Gasteiger partial charge in [-0.2, -0.15) is 5.10 Å². The molecule has 0 unspecified atom stereocenters. The standard InChI is InChI=1S/C14H11ClFN3O/c1-9-5-6-11(7-17-9)14(20)19-18-8-10-3-2-4-12(15)13(10)16/h2-8H,1H3,(H,19,20)/b18-8+. The number of aryl methyl sites for hydroxylation is 1. The van der Waals surface area contributed by atoms with E-state index >= 15 is 0 Å². The third kappa shape index (κ3) is 3.39. The van der Waals surface area contributed by atoms with Crippen LogP contribution in [0.2, 0.25) is 5.02 Å². The second-order valence-corrected chi connectivity index (χ2v) is 4.44. The van der Waals surface area contributed by atoms with Crippen LogP contribution in [-0.4, -0.2) is 17.1 Å². The number of hydrazone groups is 1. The highest BCUT2D eigenvalue weighted by Crippen LogP contribution is 2.16. The van der Waals surface area contributed by atoms with Crippen LogP contribution in [0, 0.1) is 12.7 Å². The summed E-state index contributed by atoms with van der Waals surface area (Å²) in [5.41, 5.74) is 3.67. The largest absolute Gasteiger partial charge is 0.272 e. The van der Waals surface area contributed by atoms with Gasteiger partial charge in [-0.15, -0.1) is 0 Å². The molecule has 0 bridgehead atoms. The van der Waals surface area contributed by atoms with Crippen molar-refractivity contribution in [3.05, 3.63) is 64.2 Å². The van der Waals surface area contributed by atoms with Crippen LogP contribution in [0.15, 0.2) is 41.6 Å². The molecule has 102 valence electrons. The monoisotopic (exact) mass is 291 g/mol. The molecule has 0 aliphatic carbocycles. The van der Waals surface area contributed by atoms with Gasteiger partial charge < -0.3 is 0 Å². The lowest BCUT2D eigenvalue weighted by Gasteiger charge is -2.00. The minimum atomic E-state index is -0.579. The van der Waals surface area contributed by atoms with Crippen molar-refractivity contribution in [2.45, 2.75) is 6.92 Å². The van der Waals surface area contributed by atoms with Crippen molar-refractivity contribution < 1.29 is 9.18 Å². The molecule has 0 radical (unpaired) electrons. The van der Waals surface area contributed by atoms with E-state index in [1.54, 1.807) is 18.2 Å². The van der Waals surface area contributed by atoms with Gasteiger partial charge in [0.2, 0.25) is 0 Å². The molecule has 0 atom stereocenters. The first-order valence-electron chi connectivity index (χ1n) is 5.78. The Morgan fingerprint density at radius 1 is 1.40 bits per heavy atom.